The first-order valence-electron chi connectivity index (χ1n) is 7.43. The molecule has 1 unspecified atom stereocenters. The lowest BCUT2D eigenvalue weighted by molar-refractivity contribution is 0.00950. The van der Waals surface area contributed by atoms with Crippen LogP contribution >= 0.6 is 0 Å². The van der Waals surface area contributed by atoms with Crippen LogP contribution in [0.15, 0.2) is 0 Å². The van der Waals surface area contributed by atoms with Gasteiger partial charge in [0.05, 0.1) is 5.75 Å². The Kier molecular flexibility index (Phi) is 6.04. The van der Waals surface area contributed by atoms with Crippen molar-refractivity contribution in [3.05, 3.63) is 0 Å². The molecule has 6 nitrogen and oxygen atoms in total. The van der Waals surface area contributed by atoms with E-state index in [-0.39, 0.29) is 17.9 Å². The first-order valence-corrected chi connectivity index (χ1v) is 9.04. The Labute approximate surface area is 128 Å². The van der Waals surface area contributed by atoms with Crippen LogP contribution in [0.1, 0.15) is 46.5 Å². The van der Waals surface area contributed by atoms with Crippen molar-refractivity contribution in [2.45, 2.75) is 58.1 Å². The van der Waals surface area contributed by atoms with Gasteiger partial charge in [-0.15, -0.1) is 0 Å². The zero-order chi connectivity index (χ0) is 16.3. The molecular formula is C14H28N2O4S. The summed E-state index contributed by atoms with van der Waals surface area (Å²) in [5, 5.41) is 0. The molecule has 1 aliphatic heterocycles. The van der Waals surface area contributed by atoms with E-state index in [1.165, 1.54) is 18.4 Å². The predicted molar refractivity (Wildman–Crippen MR) is 82.7 cm³/mol. The van der Waals surface area contributed by atoms with Crippen LogP contribution in [0.4, 0.5) is 4.79 Å². The van der Waals surface area contributed by atoms with E-state index >= 15 is 0 Å². The number of hydrogen-bond acceptors (Lipinski definition) is 4. The SMILES string of the molecule is CN(C)S(=O)(=O)CCC1CCCCN1C(=O)OC(C)(C)C. The summed E-state index contributed by atoms with van der Waals surface area (Å²) in [6.45, 7) is 6.14. The molecule has 1 saturated heterocycles. The average molecular weight is 320 g/mol. The molecule has 0 N–H and O–H groups in total. The number of hydrogen-bond donors (Lipinski definition) is 0. The minimum atomic E-state index is -3.23. The average Bonchev–Trinajstić information content (AvgIpc) is 2.34. The summed E-state index contributed by atoms with van der Waals surface area (Å²) in [5.74, 6) is 0.0595. The molecule has 1 atom stereocenters. The van der Waals surface area contributed by atoms with Crippen molar-refractivity contribution in [3.8, 4) is 0 Å². The molecule has 124 valence electrons. The van der Waals surface area contributed by atoms with E-state index in [9.17, 15) is 13.2 Å². The molecule has 0 spiro atoms. The highest BCUT2D eigenvalue weighted by molar-refractivity contribution is 7.89. The van der Waals surface area contributed by atoms with E-state index in [0.29, 0.717) is 13.0 Å². The number of carbonyl (C=O) groups excluding carboxylic acids is 1. The smallest absolute Gasteiger partial charge is 0.410 e. The second-order valence-corrected chi connectivity index (χ2v) is 9.01. The largest absolute Gasteiger partial charge is 0.444 e. The number of sulfonamides is 1. The third-order valence-corrected chi connectivity index (χ3v) is 5.38. The Bertz CT molecular complexity index is 454. The van der Waals surface area contributed by atoms with Crippen molar-refractivity contribution in [2.75, 3.05) is 26.4 Å². The lowest BCUT2D eigenvalue weighted by Gasteiger charge is -2.36. The summed E-state index contributed by atoms with van der Waals surface area (Å²) < 4.78 is 30.4. The van der Waals surface area contributed by atoms with Gasteiger partial charge in [-0.2, -0.15) is 0 Å². The van der Waals surface area contributed by atoms with Crippen LogP contribution < -0.4 is 0 Å². The van der Waals surface area contributed by atoms with Gasteiger partial charge in [0.1, 0.15) is 5.60 Å². The number of amides is 1. The second kappa shape index (κ2) is 6.96. The molecule has 1 heterocycles. The molecule has 0 bridgehead atoms. The highest BCUT2D eigenvalue weighted by Gasteiger charge is 2.31. The number of ether oxygens (including phenoxy) is 1. The van der Waals surface area contributed by atoms with Crippen molar-refractivity contribution in [2.24, 2.45) is 0 Å². The molecule has 0 aromatic heterocycles. The van der Waals surface area contributed by atoms with Crippen molar-refractivity contribution in [3.63, 3.8) is 0 Å². The van der Waals surface area contributed by atoms with E-state index < -0.39 is 15.6 Å². The Morgan fingerprint density at radius 1 is 1.29 bits per heavy atom. The van der Waals surface area contributed by atoms with Gasteiger partial charge in [0, 0.05) is 26.7 Å². The summed E-state index contributed by atoms with van der Waals surface area (Å²) in [5.41, 5.74) is -0.533. The Balaban J connectivity index is 2.68. The summed E-state index contributed by atoms with van der Waals surface area (Å²) in [7, 11) is -0.168. The van der Waals surface area contributed by atoms with Gasteiger partial charge in [0.15, 0.2) is 0 Å². The quantitative estimate of drug-likeness (QED) is 0.795. The zero-order valence-electron chi connectivity index (χ0n) is 13.8. The fourth-order valence-corrected chi connectivity index (χ4v) is 3.26. The van der Waals surface area contributed by atoms with Gasteiger partial charge in [-0.3, -0.25) is 0 Å². The maximum atomic E-state index is 12.2. The van der Waals surface area contributed by atoms with Gasteiger partial charge in [-0.25, -0.2) is 17.5 Å². The first kappa shape index (κ1) is 18.2. The molecule has 0 radical (unpaired) electrons. The zero-order valence-corrected chi connectivity index (χ0v) is 14.6. The summed E-state index contributed by atoms with van der Waals surface area (Å²) in [6.07, 6.45) is 2.92. The van der Waals surface area contributed by atoms with Gasteiger partial charge in [-0.1, -0.05) is 0 Å². The molecule has 0 aromatic carbocycles. The van der Waals surface area contributed by atoms with Gasteiger partial charge >= 0.3 is 6.09 Å². The fraction of sp³-hybridized carbons (Fsp3) is 0.929. The van der Waals surface area contributed by atoms with Crippen LogP contribution in [0.2, 0.25) is 0 Å². The molecule has 1 fully saturated rings. The second-order valence-electron chi connectivity index (χ2n) is 6.71. The predicted octanol–water partition coefficient (Wildman–Crippen LogP) is 2.06. The van der Waals surface area contributed by atoms with Crippen LogP contribution in [0, 0.1) is 0 Å². The molecule has 1 aliphatic rings. The normalized spacial score (nSPS) is 20.7. The molecular weight excluding hydrogens is 292 g/mol. The number of rotatable bonds is 4. The number of piperidine rings is 1. The minimum absolute atomic E-state index is 0.0525. The van der Waals surface area contributed by atoms with Crippen molar-refractivity contribution in [1.82, 2.24) is 9.21 Å². The Morgan fingerprint density at radius 2 is 1.90 bits per heavy atom. The first-order chi connectivity index (χ1) is 9.53. The third kappa shape index (κ3) is 5.82. The van der Waals surface area contributed by atoms with E-state index in [1.807, 2.05) is 20.8 Å². The topological polar surface area (TPSA) is 66.9 Å². The summed E-state index contributed by atoms with van der Waals surface area (Å²) in [4.78, 5) is 13.9. The fourth-order valence-electron chi connectivity index (χ4n) is 2.33. The van der Waals surface area contributed by atoms with Gasteiger partial charge in [-0.05, 0) is 46.5 Å². The van der Waals surface area contributed by atoms with Crippen LogP contribution in [0.3, 0.4) is 0 Å². The highest BCUT2D eigenvalue weighted by Crippen LogP contribution is 2.23. The van der Waals surface area contributed by atoms with Crippen molar-refractivity contribution >= 4 is 16.1 Å². The van der Waals surface area contributed by atoms with E-state index in [0.717, 1.165) is 19.3 Å². The monoisotopic (exact) mass is 320 g/mol. The maximum absolute atomic E-state index is 12.2. The molecule has 0 aliphatic carbocycles. The minimum Gasteiger partial charge on any atom is -0.444 e. The summed E-state index contributed by atoms with van der Waals surface area (Å²) >= 11 is 0. The lowest BCUT2D eigenvalue weighted by atomic mass is 10.0. The number of likely N-dealkylation sites (tertiary alicyclic amines) is 1. The lowest BCUT2D eigenvalue weighted by Crippen LogP contribution is -2.47. The van der Waals surface area contributed by atoms with Gasteiger partial charge in [0.25, 0.3) is 0 Å². The molecule has 7 heteroatoms. The molecule has 0 saturated carbocycles. The third-order valence-electron chi connectivity index (χ3n) is 3.52. The van der Waals surface area contributed by atoms with Gasteiger partial charge in [0.2, 0.25) is 10.0 Å². The number of carbonyl (C=O) groups is 1. The van der Waals surface area contributed by atoms with Crippen molar-refractivity contribution in [1.29, 1.82) is 0 Å². The van der Waals surface area contributed by atoms with E-state index in [1.54, 1.807) is 4.90 Å². The van der Waals surface area contributed by atoms with E-state index in [2.05, 4.69) is 0 Å². The van der Waals surface area contributed by atoms with Crippen LogP contribution in [-0.4, -0.2) is 61.8 Å². The summed E-state index contributed by atoms with van der Waals surface area (Å²) in [6, 6.07) is -0.0525. The Morgan fingerprint density at radius 3 is 2.43 bits per heavy atom. The molecule has 1 amide bonds. The highest BCUT2D eigenvalue weighted by atomic mass is 32.2. The number of nitrogens with zero attached hydrogens (tertiary/aromatic N) is 2. The van der Waals surface area contributed by atoms with E-state index in [4.69, 9.17) is 4.74 Å². The standard InChI is InChI=1S/C14H28N2O4S/c1-14(2,3)20-13(17)16-10-7-6-8-12(16)9-11-21(18,19)15(4)5/h12H,6-11H2,1-5H3. The van der Waals surface area contributed by atoms with Crippen LogP contribution in [0.25, 0.3) is 0 Å². The Hall–Kier alpha value is -0.820. The molecule has 21 heavy (non-hydrogen) atoms. The van der Waals surface area contributed by atoms with Crippen molar-refractivity contribution < 1.29 is 17.9 Å². The van der Waals surface area contributed by atoms with Crippen LogP contribution in [0.5, 0.6) is 0 Å². The maximum Gasteiger partial charge on any atom is 0.410 e. The molecule has 1 rings (SSSR count). The van der Waals surface area contributed by atoms with Crippen LogP contribution in [-0.2, 0) is 14.8 Å². The van der Waals surface area contributed by atoms with Gasteiger partial charge < -0.3 is 9.64 Å². The molecule has 0 aromatic rings.